The monoisotopic (exact) mass is 704 g/mol. The molecule has 0 saturated carbocycles. The maximum atomic E-state index is 13.7. The molecule has 0 spiro atoms. The van der Waals surface area contributed by atoms with Gasteiger partial charge in [-0.15, -0.1) is 0 Å². The number of ether oxygens (including phenoxy) is 1. The predicted octanol–water partition coefficient (Wildman–Crippen LogP) is -0.567. The fraction of sp³-hybridized carbons (Fsp3) is 0.258. The summed E-state index contributed by atoms with van der Waals surface area (Å²) >= 11 is 0. The van der Waals surface area contributed by atoms with Gasteiger partial charge in [-0.25, -0.2) is 0 Å². The molecule has 4 amide bonds. The number of amides is 4. The summed E-state index contributed by atoms with van der Waals surface area (Å²) in [7, 11) is 0. The number of phenolic OH excluding ortho intramolecular Hbond substituents is 1. The first kappa shape index (κ1) is 38.2. The van der Waals surface area contributed by atoms with Crippen LogP contribution in [0.3, 0.4) is 0 Å². The van der Waals surface area contributed by atoms with E-state index >= 15 is 0 Å². The summed E-state index contributed by atoms with van der Waals surface area (Å²) in [5, 5.41) is 38.1. The molecule has 9 N–H and O–H groups in total. The Morgan fingerprint density at radius 2 is 1.72 bits per heavy atom. The van der Waals surface area contributed by atoms with Gasteiger partial charge in [-0.3, -0.25) is 29.3 Å². The highest BCUT2D eigenvalue weighted by atomic mass is 19.4. The third kappa shape index (κ3) is 10.6. The number of quaternary nitrogens is 1. The van der Waals surface area contributed by atoms with Crippen LogP contribution in [0.15, 0.2) is 66.7 Å². The number of primary amides is 1. The molecule has 16 nitrogen and oxygen atoms in total. The van der Waals surface area contributed by atoms with E-state index in [4.69, 9.17) is 20.4 Å². The minimum atomic E-state index is -5.19. The molecular weight excluding hydrogens is 673 g/mol. The number of benzene rings is 3. The van der Waals surface area contributed by atoms with Crippen molar-refractivity contribution in [1.82, 2.24) is 16.0 Å². The Kier molecular flexibility index (Phi) is 12.4. The highest BCUT2D eigenvalue weighted by Crippen LogP contribution is 2.33. The second-order valence-corrected chi connectivity index (χ2v) is 10.9. The average Bonchev–Trinajstić information content (AvgIpc) is 3.04. The smallest absolute Gasteiger partial charge is 0.430 e. The number of phenols is 1. The molecule has 0 saturated heterocycles. The Morgan fingerprint density at radius 1 is 1.08 bits per heavy atom. The van der Waals surface area contributed by atoms with E-state index in [1.54, 1.807) is 18.2 Å². The lowest BCUT2D eigenvalue weighted by Crippen LogP contribution is -2.70. The minimum Gasteiger partial charge on any atom is -0.542 e. The lowest BCUT2D eigenvalue weighted by molar-refractivity contribution is -0.403. The number of nitro groups is 1. The molecule has 4 atom stereocenters. The summed E-state index contributed by atoms with van der Waals surface area (Å²) in [6.07, 6.45) is -5.19. The van der Waals surface area contributed by atoms with Crippen LogP contribution in [0.2, 0.25) is 0 Å². The molecule has 0 aliphatic carbocycles. The third-order valence-corrected chi connectivity index (χ3v) is 7.07. The number of nitrogens with zero attached hydrogens (tertiary/aromatic N) is 1. The molecule has 2 aliphatic heterocycles. The number of rotatable bonds is 6. The number of carbonyl (C=O) groups is 5. The van der Waals surface area contributed by atoms with Gasteiger partial charge in [-0.05, 0) is 53.9 Å². The molecule has 2 heterocycles. The number of carboxylic acids is 1. The van der Waals surface area contributed by atoms with Crippen molar-refractivity contribution in [3.63, 3.8) is 0 Å². The van der Waals surface area contributed by atoms with Gasteiger partial charge < -0.3 is 47.2 Å². The number of nitrogens with two attached hydrogens (primary N) is 1. The number of hydrogen-bond acceptors (Lipinski definition) is 10. The second-order valence-electron chi connectivity index (χ2n) is 10.9. The standard InChI is InChI=1S/C29H30N6O8.C2HF3O2/c1-15(26(31)37)32-29(40)25-18-3-2-4-20(14-18)43-24-10-7-17(13-23(24)35(41)42)11-21(30)27(38)33-22(28(39)34-25)12-16-5-8-19(36)9-6-16;3-2(4,5)1(6)7/h2-10,13-15,21-22,25,36H,11-12,30H2,1H3,(H2,31,37)(H,32,40)(H,33,38)(H,34,39);(H,6,7)/t15-,21+,22-,25+;/m0./s1. The van der Waals surface area contributed by atoms with Gasteiger partial charge in [0.05, 0.1) is 4.92 Å². The summed E-state index contributed by atoms with van der Waals surface area (Å²) in [6.45, 7) is 1.38. The van der Waals surface area contributed by atoms with Crippen molar-refractivity contribution in [2.75, 3.05) is 0 Å². The fourth-order valence-corrected chi connectivity index (χ4v) is 4.46. The quantitative estimate of drug-likeness (QED) is 0.141. The lowest BCUT2D eigenvalue weighted by atomic mass is 10.0. The molecule has 3 aromatic rings. The summed E-state index contributed by atoms with van der Waals surface area (Å²) in [4.78, 5) is 72.0. The van der Waals surface area contributed by atoms with Gasteiger partial charge in [0.15, 0.2) is 6.04 Å². The number of fused-ring (bicyclic) bond motifs is 9. The first-order chi connectivity index (χ1) is 23.3. The molecule has 50 heavy (non-hydrogen) atoms. The number of nitrogens with one attached hydrogen (secondary N) is 3. The first-order valence-corrected chi connectivity index (χ1v) is 14.5. The zero-order chi connectivity index (χ0) is 37.3. The van der Waals surface area contributed by atoms with E-state index in [0.717, 1.165) is 0 Å². The first-order valence-electron chi connectivity index (χ1n) is 14.5. The van der Waals surface area contributed by atoms with Crippen molar-refractivity contribution >= 4 is 35.3 Å². The number of carboxylic acid groups (broad SMARTS) is 1. The molecule has 0 fully saturated rings. The van der Waals surface area contributed by atoms with Crippen LogP contribution in [0.25, 0.3) is 0 Å². The van der Waals surface area contributed by atoms with Gasteiger partial charge in [-0.2, -0.15) is 13.2 Å². The largest absolute Gasteiger partial charge is 0.542 e. The highest BCUT2D eigenvalue weighted by Gasteiger charge is 2.32. The average molecular weight is 705 g/mol. The van der Waals surface area contributed by atoms with Crippen molar-refractivity contribution in [2.24, 2.45) is 5.73 Å². The van der Waals surface area contributed by atoms with E-state index in [1.807, 2.05) is 0 Å². The van der Waals surface area contributed by atoms with Crippen molar-refractivity contribution in [3.05, 3.63) is 93.5 Å². The number of carbonyl (C=O) groups excluding carboxylic acids is 5. The zero-order valence-corrected chi connectivity index (χ0v) is 26.1. The molecule has 3 aromatic carbocycles. The van der Waals surface area contributed by atoms with Crippen molar-refractivity contribution in [3.8, 4) is 17.2 Å². The number of hydrogen-bond donors (Lipinski definition) is 6. The highest BCUT2D eigenvalue weighted by molar-refractivity contribution is 5.95. The van der Waals surface area contributed by atoms with Crippen molar-refractivity contribution in [1.29, 1.82) is 0 Å². The van der Waals surface area contributed by atoms with Gasteiger partial charge in [-0.1, -0.05) is 30.3 Å². The molecule has 2 aliphatic rings. The molecule has 0 radical (unpaired) electrons. The fourth-order valence-electron chi connectivity index (χ4n) is 4.46. The summed E-state index contributed by atoms with van der Waals surface area (Å²) in [5.74, 6) is -5.86. The van der Waals surface area contributed by atoms with Crippen molar-refractivity contribution < 1.29 is 62.8 Å². The minimum absolute atomic E-state index is 0.00979. The Hall–Kier alpha value is -6.24. The normalized spacial score (nSPS) is 18.2. The molecule has 4 bridgehead atoms. The molecule has 0 aromatic heterocycles. The number of nitro benzene ring substituents is 1. The maximum Gasteiger partial charge on any atom is 0.430 e. The van der Waals surface area contributed by atoms with Crippen LogP contribution in [-0.4, -0.2) is 63.9 Å². The van der Waals surface area contributed by atoms with Crippen LogP contribution in [-0.2, 0) is 36.8 Å². The Morgan fingerprint density at radius 3 is 2.30 bits per heavy atom. The van der Waals surface area contributed by atoms with Crippen molar-refractivity contribution in [2.45, 2.75) is 50.1 Å². The van der Waals surface area contributed by atoms with E-state index < -0.39 is 64.9 Å². The van der Waals surface area contributed by atoms with Crippen LogP contribution in [0.1, 0.15) is 29.7 Å². The van der Waals surface area contributed by atoms with Gasteiger partial charge in [0.25, 0.3) is 5.91 Å². The SMILES string of the molecule is C[C@H](NC(=O)[C@@H]1NC(=O)[C@H](Cc2ccc(O)cc2)NC(=O)[C@H]([NH3+])Cc2ccc(c([N+](=O)[O-])c2)Oc2cccc1c2)C(N)=O.O=C([O-])C(F)(F)F. The van der Waals surface area contributed by atoms with Crippen LogP contribution in [0.5, 0.6) is 17.2 Å². The molecule has 5 rings (SSSR count). The topological polar surface area (TPSA) is 271 Å². The Bertz CT molecular complexity index is 1770. The zero-order valence-electron chi connectivity index (χ0n) is 26.1. The van der Waals surface area contributed by atoms with Gasteiger partial charge in [0.2, 0.25) is 23.5 Å². The van der Waals surface area contributed by atoms with E-state index in [-0.39, 0.29) is 41.3 Å². The number of halogens is 3. The van der Waals surface area contributed by atoms with E-state index in [1.165, 1.54) is 55.5 Å². The van der Waals surface area contributed by atoms with Crippen LogP contribution in [0, 0.1) is 10.1 Å². The maximum absolute atomic E-state index is 13.7. The summed E-state index contributed by atoms with van der Waals surface area (Å²) in [5.41, 5.74) is 10.1. The molecule has 0 unspecified atom stereocenters. The Balaban J connectivity index is 0.000000872. The second kappa shape index (κ2) is 16.2. The molecule has 266 valence electrons. The molecule has 19 heteroatoms. The lowest BCUT2D eigenvalue weighted by Gasteiger charge is -2.25. The number of aromatic hydroxyl groups is 1. The summed E-state index contributed by atoms with van der Waals surface area (Å²) in [6, 6.07) is 11.7. The van der Waals surface area contributed by atoms with E-state index in [2.05, 4.69) is 21.7 Å². The molecular formula is C31H31F3N6O10. The summed E-state index contributed by atoms with van der Waals surface area (Å²) < 4.78 is 37.4. The van der Waals surface area contributed by atoms with Crippen LogP contribution in [0.4, 0.5) is 18.9 Å². The van der Waals surface area contributed by atoms with Gasteiger partial charge in [0, 0.05) is 18.9 Å². The van der Waals surface area contributed by atoms with E-state index in [9.17, 15) is 47.6 Å². The predicted molar refractivity (Wildman–Crippen MR) is 162 cm³/mol. The van der Waals surface area contributed by atoms with E-state index in [0.29, 0.717) is 11.1 Å². The Labute approximate surface area is 280 Å². The third-order valence-electron chi connectivity index (χ3n) is 7.07. The van der Waals surface area contributed by atoms with Gasteiger partial charge in [0.1, 0.15) is 35.6 Å². The van der Waals surface area contributed by atoms with Crippen LogP contribution < -0.4 is 37.3 Å². The van der Waals surface area contributed by atoms with Crippen LogP contribution >= 0.6 is 0 Å². The number of aliphatic carboxylic acids is 1. The number of alkyl halides is 3. The van der Waals surface area contributed by atoms with Gasteiger partial charge >= 0.3 is 11.9 Å².